The predicted molar refractivity (Wildman–Crippen MR) is 105 cm³/mol. The van der Waals surface area contributed by atoms with E-state index >= 15 is 0 Å². The normalized spacial score (nSPS) is 30.0. The number of carbonyl (C=O) groups is 1. The van der Waals surface area contributed by atoms with Crippen LogP contribution in [0.15, 0.2) is 12.1 Å². The number of amides is 1. The number of sulfonamides is 1. The minimum absolute atomic E-state index is 0.0405. The van der Waals surface area contributed by atoms with E-state index in [1.807, 2.05) is 0 Å². The highest BCUT2D eigenvalue weighted by atomic mass is 32.2. The van der Waals surface area contributed by atoms with E-state index in [-0.39, 0.29) is 30.3 Å². The first-order valence-corrected chi connectivity index (χ1v) is 12.1. The molecule has 0 spiro atoms. The molecule has 30 heavy (non-hydrogen) atoms. The maximum absolute atomic E-state index is 14.5. The van der Waals surface area contributed by atoms with Crippen LogP contribution in [0, 0.1) is 11.6 Å². The molecule has 1 saturated carbocycles. The van der Waals surface area contributed by atoms with Crippen molar-refractivity contribution >= 4 is 15.9 Å². The van der Waals surface area contributed by atoms with Crippen LogP contribution in [0.25, 0.3) is 0 Å². The van der Waals surface area contributed by atoms with Gasteiger partial charge in [-0.2, -0.15) is 0 Å². The predicted octanol–water partition coefficient (Wildman–Crippen LogP) is 1.92. The van der Waals surface area contributed by atoms with Crippen molar-refractivity contribution in [2.75, 3.05) is 26.0 Å². The Morgan fingerprint density at radius 2 is 1.87 bits per heavy atom. The van der Waals surface area contributed by atoms with Crippen LogP contribution in [0.1, 0.15) is 43.6 Å². The standard InChI is InChI=1S/C20H26F2N2O5S/c1-30(26,27)23-17-6-7-24-18(17)10-28-14-4-2-12(3-5-14)15-8-13(21)9-16(22)20(15)29-11-19(24)25/h8-9,12,14,17-18,23H,2-7,10-11H2,1H3/t12-,14+,17-,18-/m0/s1. The van der Waals surface area contributed by atoms with Crippen molar-refractivity contribution in [2.24, 2.45) is 0 Å². The van der Waals surface area contributed by atoms with Crippen molar-refractivity contribution in [2.45, 2.75) is 56.2 Å². The van der Waals surface area contributed by atoms with E-state index in [1.54, 1.807) is 0 Å². The Balaban J connectivity index is 1.63. The van der Waals surface area contributed by atoms with Crippen molar-refractivity contribution in [1.29, 1.82) is 0 Å². The zero-order chi connectivity index (χ0) is 21.5. The Morgan fingerprint density at radius 3 is 2.57 bits per heavy atom. The second-order valence-electron chi connectivity index (χ2n) is 8.34. The van der Waals surface area contributed by atoms with Crippen molar-refractivity contribution < 1.29 is 31.5 Å². The molecule has 2 bridgehead atoms. The van der Waals surface area contributed by atoms with Crippen molar-refractivity contribution in [3.05, 3.63) is 29.3 Å². The minimum atomic E-state index is -3.45. The zero-order valence-electron chi connectivity index (χ0n) is 16.8. The van der Waals surface area contributed by atoms with Crippen molar-refractivity contribution in [1.82, 2.24) is 9.62 Å². The third kappa shape index (κ3) is 4.60. The Hall–Kier alpha value is -1.78. The third-order valence-corrected chi connectivity index (χ3v) is 6.96. The van der Waals surface area contributed by atoms with Crippen LogP contribution in [0.4, 0.5) is 8.78 Å². The summed E-state index contributed by atoms with van der Waals surface area (Å²) in [4.78, 5) is 14.4. The molecule has 1 aromatic carbocycles. The highest BCUT2D eigenvalue weighted by Crippen LogP contribution is 2.40. The number of hydrogen-bond acceptors (Lipinski definition) is 5. The molecule has 0 aromatic heterocycles. The molecule has 2 atom stereocenters. The molecule has 5 rings (SSSR count). The highest BCUT2D eigenvalue weighted by Gasteiger charge is 2.40. The van der Waals surface area contributed by atoms with Gasteiger partial charge in [-0.3, -0.25) is 4.79 Å². The van der Waals surface area contributed by atoms with Gasteiger partial charge in [0.05, 0.1) is 25.0 Å². The van der Waals surface area contributed by atoms with Gasteiger partial charge in [-0.15, -0.1) is 0 Å². The van der Waals surface area contributed by atoms with E-state index in [2.05, 4.69) is 4.72 Å². The fourth-order valence-electron chi connectivity index (χ4n) is 4.81. The van der Waals surface area contributed by atoms with E-state index < -0.39 is 40.3 Å². The summed E-state index contributed by atoms with van der Waals surface area (Å²) in [5.74, 6) is -2.02. The summed E-state index contributed by atoms with van der Waals surface area (Å²) in [6.07, 6.45) is 4.31. The van der Waals surface area contributed by atoms with Crippen LogP contribution in [0.3, 0.4) is 0 Å². The number of fused-ring (bicyclic) bond motifs is 5. The van der Waals surface area contributed by atoms with Gasteiger partial charge in [0, 0.05) is 24.2 Å². The van der Waals surface area contributed by atoms with E-state index in [9.17, 15) is 22.0 Å². The number of carbonyl (C=O) groups excluding carboxylic acids is 1. The van der Waals surface area contributed by atoms with Gasteiger partial charge in [0.15, 0.2) is 18.2 Å². The molecule has 1 aliphatic carbocycles. The van der Waals surface area contributed by atoms with Gasteiger partial charge in [-0.05, 0) is 44.1 Å². The monoisotopic (exact) mass is 444 g/mol. The molecule has 2 fully saturated rings. The van der Waals surface area contributed by atoms with Crippen LogP contribution >= 0.6 is 0 Å². The number of nitrogens with zero attached hydrogens (tertiary/aromatic N) is 1. The zero-order valence-corrected chi connectivity index (χ0v) is 17.6. The van der Waals surface area contributed by atoms with Crippen LogP contribution in [0.5, 0.6) is 5.75 Å². The number of nitrogens with one attached hydrogen (secondary N) is 1. The van der Waals surface area contributed by atoms with E-state index in [0.717, 1.165) is 12.3 Å². The smallest absolute Gasteiger partial charge is 0.260 e. The van der Waals surface area contributed by atoms with E-state index in [4.69, 9.17) is 9.47 Å². The first kappa shape index (κ1) is 21.5. The second-order valence-corrected chi connectivity index (χ2v) is 10.1. The topological polar surface area (TPSA) is 84.9 Å². The first-order chi connectivity index (χ1) is 14.2. The molecule has 7 nitrogen and oxygen atoms in total. The lowest BCUT2D eigenvalue weighted by Gasteiger charge is -2.32. The minimum Gasteiger partial charge on any atom is -0.480 e. The molecular formula is C20H26F2N2O5S. The van der Waals surface area contributed by atoms with Crippen molar-refractivity contribution in [3.63, 3.8) is 0 Å². The third-order valence-electron chi connectivity index (χ3n) is 6.23. The summed E-state index contributed by atoms with van der Waals surface area (Å²) < 4.78 is 66.1. The van der Waals surface area contributed by atoms with Gasteiger partial charge in [0.25, 0.3) is 5.91 Å². The Bertz CT molecular complexity index is 918. The van der Waals surface area contributed by atoms with Crippen LogP contribution < -0.4 is 9.46 Å². The molecule has 3 heterocycles. The largest absolute Gasteiger partial charge is 0.480 e. The van der Waals surface area contributed by atoms with Crippen LogP contribution in [-0.4, -0.2) is 63.4 Å². The average Bonchev–Trinajstić information content (AvgIpc) is 3.06. The first-order valence-electron chi connectivity index (χ1n) is 10.2. The summed E-state index contributed by atoms with van der Waals surface area (Å²) >= 11 is 0. The molecular weight excluding hydrogens is 418 g/mol. The maximum atomic E-state index is 14.5. The summed E-state index contributed by atoms with van der Waals surface area (Å²) in [5, 5.41) is 0. The molecule has 166 valence electrons. The van der Waals surface area contributed by atoms with Crippen molar-refractivity contribution in [3.8, 4) is 5.75 Å². The number of halogens is 2. The van der Waals surface area contributed by atoms with Crippen LogP contribution in [-0.2, 0) is 19.6 Å². The average molecular weight is 445 g/mol. The van der Waals surface area contributed by atoms with Crippen LogP contribution in [0.2, 0.25) is 0 Å². The van der Waals surface area contributed by atoms with Gasteiger partial charge < -0.3 is 14.4 Å². The Labute approximate surface area is 174 Å². The van der Waals surface area contributed by atoms with E-state index in [1.165, 1.54) is 11.0 Å². The fourth-order valence-corrected chi connectivity index (χ4v) is 5.63. The number of rotatable bonds is 2. The fraction of sp³-hybridized carbons (Fsp3) is 0.650. The number of hydrogen-bond donors (Lipinski definition) is 1. The molecule has 1 saturated heterocycles. The Morgan fingerprint density at radius 1 is 1.13 bits per heavy atom. The molecule has 10 heteroatoms. The molecule has 1 N–H and O–H groups in total. The van der Waals surface area contributed by atoms with Gasteiger partial charge >= 0.3 is 0 Å². The van der Waals surface area contributed by atoms with Gasteiger partial charge in [0.2, 0.25) is 10.0 Å². The summed E-state index contributed by atoms with van der Waals surface area (Å²) in [6, 6.07) is 1.13. The second kappa shape index (κ2) is 8.39. The lowest BCUT2D eigenvalue weighted by molar-refractivity contribution is -0.136. The molecule has 4 aliphatic rings. The van der Waals surface area contributed by atoms with Gasteiger partial charge in [-0.1, -0.05) is 0 Å². The molecule has 3 aliphatic heterocycles. The van der Waals surface area contributed by atoms with Gasteiger partial charge in [-0.25, -0.2) is 21.9 Å². The lowest BCUT2D eigenvalue weighted by atomic mass is 9.82. The summed E-state index contributed by atoms with van der Waals surface area (Å²) in [6.45, 7) is 0.146. The summed E-state index contributed by atoms with van der Waals surface area (Å²) in [5.41, 5.74) is 0.451. The van der Waals surface area contributed by atoms with Gasteiger partial charge in [0.1, 0.15) is 5.82 Å². The maximum Gasteiger partial charge on any atom is 0.260 e. The number of ether oxygens (including phenoxy) is 2. The number of benzene rings is 1. The quantitative estimate of drug-likeness (QED) is 0.754. The summed E-state index contributed by atoms with van der Waals surface area (Å²) in [7, 11) is -3.45. The lowest BCUT2D eigenvalue weighted by Crippen LogP contribution is -2.50. The van der Waals surface area contributed by atoms with E-state index in [0.29, 0.717) is 44.2 Å². The highest BCUT2D eigenvalue weighted by molar-refractivity contribution is 7.88. The molecule has 1 aromatic rings. The molecule has 0 radical (unpaired) electrons. The molecule has 1 amide bonds. The molecule has 0 unspecified atom stereocenters. The Kier molecular flexibility index (Phi) is 6.00. The SMILES string of the molecule is CS(=O)(=O)N[C@H]1CCN2C(=O)COc3c(F)cc(F)cc3[C@H]3CC[C@H](CC3)OC[C@@H]12.